The van der Waals surface area contributed by atoms with Gasteiger partial charge in [-0.2, -0.15) is 0 Å². The third kappa shape index (κ3) is 1.84. The van der Waals surface area contributed by atoms with Gasteiger partial charge in [0.2, 0.25) is 12.1 Å². The fraction of sp³-hybridized carbons (Fsp3) is 0.727. The van der Waals surface area contributed by atoms with Crippen molar-refractivity contribution in [2.24, 2.45) is 7.05 Å². The van der Waals surface area contributed by atoms with Crippen LogP contribution in [0.5, 0.6) is 0 Å². The maximum absolute atomic E-state index is 11.0. The van der Waals surface area contributed by atoms with Crippen LogP contribution < -0.4 is 10.2 Å². The molecule has 7 heteroatoms. The zero-order valence-corrected chi connectivity index (χ0v) is 10.4. The smallest absolute Gasteiger partial charge is 0.358 e. The lowest BCUT2D eigenvalue weighted by Crippen LogP contribution is -2.36. The number of fused-ring (bicyclic) bond motifs is 2. The first-order chi connectivity index (χ1) is 8.65. The summed E-state index contributed by atoms with van der Waals surface area (Å²) in [4.78, 5) is 16.6. The van der Waals surface area contributed by atoms with Crippen molar-refractivity contribution in [1.29, 1.82) is 0 Å². The van der Waals surface area contributed by atoms with Gasteiger partial charge in [0.1, 0.15) is 0 Å². The van der Waals surface area contributed by atoms with E-state index in [0.717, 1.165) is 25.9 Å². The number of anilines is 1. The van der Waals surface area contributed by atoms with Crippen molar-refractivity contribution in [3.63, 3.8) is 0 Å². The van der Waals surface area contributed by atoms with E-state index in [1.807, 2.05) is 7.05 Å². The highest BCUT2D eigenvalue weighted by Gasteiger charge is 2.33. The Balaban J connectivity index is 1.90. The Morgan fingerprint density at radius 3 is 3.00 bits per heavy atom. The summed E-state index contributed by atoms with van der Waals surface area (Å²) in [6.07, 6.45) is 4.95. The van der Waals surface area contributed by atoms with Crippen LogP contribution in [0.25, 0.3) is 0 Å². The van der Waals surface area contributed by atoms with Crippen LogP contribution >= 0.6 is 0 Å². The number of nitrogens with one attached hydrogen (secondary N) is 1. The summed E-state index contributed by atoms with van der Waals surface area (Å²) in [5, 5.41) is 14.6. The Hall–Kier alpha value is -1.63. The predicted molar refractivity (Wildman–Crippen MR) is 66.6 cm³/mol. The number of nitrogens with zero attached hydrogens (tertiary/aromatic N) is 4. The van der Waals surface area contributed by atoms with Crippen LogP contribution in [0.15, 0.2) is 6.33 Å². The van der Waals surface area contributed by atoms with E-state index in [2.05, 4.69) is 15.2 Å². The molecule has 0 aliphatic carbocycles. The van der Waals surface area contributed by atoms with Gasteiger partial charge in [-0.05, 0) is 29.2 Å². The standard InChI is InChI=1S/C11H17N5O2/c1-14-7-12-10(16(17)18)11(14)15-5-4-8-2-3-9(6-15)13-8/h7-9,13H,2-6H2,1H3. The molecule has 18 heavy (non-hydrogen) atoms. The number of hydrogen-bond donors (Lipinski definition) is 1. The van der Waals surface area contributed by atoms with Crippen LogP contribution in [-0.4, -0.2) is 39.6 Å². The highest BCUT2D eigenvalue weighted by molar-refractivity contribution is 5.55. The summed E-state index contributed by atoms with van der Waals surface area (Å²) in [6, 6.07) is 1.03. The van der Waals surface area contributed by atoms with Crippen LogP contribution in [0.1, 0.15) is 19.3 Å². The maximum Gasteiger partial charge on any atom is 0.406 e. The van der Waals surface area contributed by atoms with Gasteiger partial charge >= 0.3 is 5.82 Å². The molecule has 0 aromatic carbocycles. The normalized spacial score (nSPS) is 27.3. The van der Waals surface area contributed by atoms with Crippen molar-refractivity contribution in [3.05, 3.63) is 16.4 Å². The van der Waals surface area contributed by atoms with E-state index in [9.17, 15) is 10.1 Å². The number of hydrogen-bond acceptors (Lipinski definition) is 5. The second kappa shape index (κ2) is 4.24. The fourth-order valence-corrected chi connectivity index (χ4v) is 3.04. The van der Waals surface area contributed by atoms with Gasteiger partial charge < -0.3 is 20.3 Å². The first-order valence-corrected chi connectivity index (χ1v) is 6.32. The maximum atomic E-state index is 11.0. The minimum Gasteiger partial charge on any atom is -0.358 e. The number of aromatic nitrogens is 2. The molecule has 2 fully saturated rings. The second-order valence-electron chi connectivity index (χ2n) is 5.13. The van der Waals surface area contributed by atoms with Gasteiger partial charge in [-0.3, -0.25) is 4.57 Å². The Labute approximate surface area is 105 Å². The zero-order valence-electron chi connectivity index (χ0n) is 10.4. The molecule has 2 saturated heterocycles. The molecule has 0 saturated carbocycles. The lowest BCUT2D eigenvalue weighted by atomic mass is 10.1. The Morgan fingerprint density at radius 1 is 1.44 bits per heavy atom. The lowest BCUT2D eigenvalue weighted by molar-refractivity contribution is -0.388. The van der Waals surface area contributed by atoms with Crippen molar-refractivity contribution >= 4 is 11.6 Å². The predicted octanol–water partition coefficient (Wildman–Crippen LogP) is 0.659. The van der Waals surface area contributed by atoms with Crippen molar-refractivity contribution in [3.8, 4) is 0 Å². The van der Waals surface area contributed by atoms with E-state index in [4.69, 9.17) is 0 Å². The summed E-state index contributed by atoms with van der Waals surface area (Å²) in [5.41, 5.74) is 0. The minimum atomic E-state index is -0.397. The van der Waals surface area contributed by atoms with Gasteiger partial charge in [0.15, 0.2) is 0 Å². The van der Waals surface area contributed by atoms with Crippen LogP contribution in [0, 0.1) is 10.1 Å². The van der Waals surface area contributed by atoms with Gasteiger partial charge in [-0.1, -0.05) is 0 Å². The second-order valence-corrected chi connectivity index (χ2v) is 5.13. The van der Waals surface area contributed by atoms with Crippen molar-refractivity contribution in [1.82, 2.24) is 14.9 Å². The fourth-order valence-electron chi connectivity index (χ4n) is 3.04. The summed E-state index contributed by atoms with van der Waals surface area (Å²) in [6.45, 7) is 1.69. The van der Waals surface area contributed by atoms with Crippen LogP contribution in [0.2, 0.25) is 0 Å². The van der Waals surface area contributed by atoms with E-state index in [-0.39, 0.29) is 5.82 Å². The largest absolute Gasteiger partial charge is 0.406 e. The van der Waals surface area contributed by atoms with E-state index < -0.39 is 4.92 Å². The molecule has 2 aliphatic rings. The highest BCUT2D eigenvalue weighted by Crippen LogP contribution is 2.30. The first kappa shape index (κ1) is 11.5. The molecule has 1 aromatic heterocycles. The zero-order chi connectivity index (χ0) is 12.7. The molecule has 3 heterocycles. The minimum absolute atomic E-state index is 0.0322. The van der Waals surface area contributed by atoms with Gasteiger partial charge in [0, 0.05) is 32.2 Å². The first-order valence-electron chi connectivity index (χ1n) is 6.32. The van der Waals surface area contributed by atoms with Gasteiger partial charge in [-0.15, -0.1) is 0 Å². The van der Waals surface area contributed by atoms with Crippen molar-refractivity contribution < 1.29 is 4.92 Å². The van der Waals surface area contributed by atoms with Gasteiger partial charge in [-0.25, -0.2) is 0 Å². The molecular weight excluding hydrogens is 234 g/mol. The molecule has 0 spiro atoms. The van der Waals surface area contributed by atoms with Crippen LogP contribution in [-0.2, 0) is 7.05 Å². The average Bonchev–Trinajstić information content (AvgIpc) is 2.83. The molecule has 2 atom stereocenters. The van der Waals surface area contributed by atoms with Crippen LogP contribution in [0.3, 0.4) is 0 Å². The van der Waals surface area contributed by atoms with Crippen molar-refractivity contribution in [2.45, 2.75) is 31.3 Å². The molecule has 2 unspecified atom stereocenters. The molecule has 1 N–H and O–H groups in total. The van der Waals surface area contributed by atoms with E-state index >= 15 is 0 Å². The summed E-state index contributed by atoms with van der Waals surface area (Å²) in [5.74, 6) is 0.602. The number of nitro groups is 1. The molecule has 3 rings (SSSR count). The Kier molecular flexibility index (Phi) is 2.70. The summed E-state index contributed by atoms with van der Waals surface area (Å²) < 4.78 is 1.75. The average molecular weight is 251 g/mol. The van der Waals surface area contributed by atoms with E-state index in [0.29, 0.717) is 17.9 Å². The Morgan fingerprint density at radius 2 is 2.22 bits per heavy atom. The SMILES string of the molecule is Cn1cnc([N+](=O)[O-])c1N1CCC2CCC(C1)N2. The Bertz CT molecular complexity index is 472. The topological polar surface area (TPSA) is 76.2 Å². The van der Waals surface area contributed by atoms with Crippen LogP contribution in [0.4, 0.5) is 11.6 Å². The number of aryl methyl sites for hydroxylation is 1. The quantitative estimate of drug-likeness (QED) is 0.617. The molecule has 0 amide bonds. The van der Waals surface area contributed by atoms with E-state index in [1.165, 1.54) is 12.7 Å². The van der Waals surface area contributed by atoms with Gasteiger partial charge in [0.25, 0.3) is 0 Å². The summed E-state index contributed by atoms with van der Waals surface area (Å²) >= 11 is 0. The van der Waals surface area contributed by atoms with E-state index in [1.54, 1.807) is 4.57 Å². The molecule has 98 valence electrons. The molecule has 2 aliphatic heterocycles. The molecule has 7 nitrogen and oxygen atoms in total. The van der Waals surface area contributed by atoms with Gasteiger partial charge in [0.05, 0.1) is 0 Å². The molecule has 1 aromatic rings. The summed E-state index contributed by atoms with van der Waals surface area (Å²) in [7, 11) is 1.81. The highest BCUT2D eigenvalue weighted by atomic mass is 16.6. The third-order valence-corrected chi connectivity index (χ3v) is 3.88. The number of rotatable bonds is 2. The third-order valence-electron chi connectivity index (χ3n) is 3.88. The lowest BCUT2D eigenvalue weighted by Gasteiger charge is -2.25. The molecule has 0 radical (unpaired) electrons. The monoisotopic (exact) mass is 251 g/mol. The molecule has 2 bridgehead atoms. The van der Waals surface area contributed by atoms with Crippen molar-refractivity contribution in [2.75, 3.05) is 18.0 Å². The molecular formula is C11H17N5O2. The number of imidazole rings is 1.